The van der Waals surface area contributed by atoms with Gasteiger partial charge < -0.3 is 10.6 Å². The molecule has 0 spiro atoms. The van der Waals surface area contributed by atoms with E-state index in [9.17, 15) is 8.42 Å². The van der Waals surface area contributed by atoms with Crippen LogP contribution in [-0.4, -0.2) is 68.4 Å². The third kappa shape index (κ3) is 4.19. The minimum Gasteiger partial charge on any atom is -0.351 e. The van der Waals surface area contributed by atoms with E-state index in [2.05, 4.69) is 45.1 Å². The molecule has 11 nitrogen and oxygen atoms in total. The van der Waals surface area contributed by atoms with Gasteiger partial charge in [0.1, 0.15) is 5.82 Å². The van der Waals surface area contributed by atoms with Gasteiger partial charge in [0, 0.05) is 48.4 Å². The average Bonchev–Trinajstić information content (AvgIpc) is 3.56. The molecule has 0 unspecified atom stereocenters. The molecule has 3 aromatic rings. The normalized spacial score (nSPS) is 26.3. The van der Waals surface area contributed by atoms with Gasteiger partial charge in [0.05, 0.1) is 17.5 Å². The van der Waals surface area contributed by atoms with Crippen LogP contribution in [0.2, 0.25) is 0 Å². The van der Waals surface area contributed by atoms with Crippen LogP contribution in [0.5, 0.6) is 0 Å². The smallest absolute Gasteiger partial charge is 0.282 e. The van der Waals surface area contributed by atoms with Gasteiger partial charge in [0.15, 0.2) is 5.82 Å². The zero-order valence-corrected chi connectivity index (χ0v) is 22.1. The van der Waals surface area contributed by atoms with Crippen molar-refractivity contribution in [3.63, 3.8) is 0 Å². The highest BCUT2D eigenvalue weighted by atomic mass is 32.2. The van der Waals surface area contributed by atoms with Gasteiger partial charge in [-0.25, -0.2) is 4.98 Å². The topological polar surface area (TPSA) is 143 Å². The lowest BCUT2D eigenvalue weighted by molar-refractivity contribution is 0.182. The summed E-state index contributed by atoms with van der Waals surface area (Å²) in [7, 11) is -3.54. The summed E-state index contributed by atoms with van der Waals surface area (Å²) in [6, 6.07) is 10.5. The van der Waals surface area contributed by atoms with E-state index in [4.69, 9.17) is 15.2 Å². The number of H-pyrrole nitrogens is 1. The second-order valence-electron chi connectivity index (χ2n) is 11.2. The van der Waals surface area contributed by atoms with Crippen LogP contribution in [0.1, 0.15) is 55.7 Å². The van der Waals surface area contributed by atoms with Gasteiger partial charge in [0.25, 0.3) is 10.2 Å². The molecule has 2 bridgehead atoms. The number of fused-ring (bicyclic) bond motifs is 3. The van der Waals surface area contributed by atoms with Gasteiger partial charge in [-0.1, -0.05) is 6.07 Å². The number of aromatic nitrogens is 4. The van der Waals surface area contributed by atoms with Crippen molar-refractivity contribution in [1.82, 2.24) is 28.8 Å². The Morgan fingerprint density at radius 2 is 1.84 bits per heavy atom. The van der Waals surface area contributed by atoms with E-state index in [0.717, 1.165) is 29.4 Å². The highest BCUT2D eigenvalue weighted by Crippen LogP contribution is 2.42. The highest BCUT2D eigenvalue weighted by molar-refractivity contribution is 7.86. The molecule has 3 aliphatic heterocycles. The second-order valence-corrected chi connectivity index (χ2v) is 13.0. The molecule has 3 N–H and O–H groups in total. The Balaban J connectivity index is 1.14. The lowest BCUT2D eigenvalue weighted by Gasteiger charge is -2.43. The molecular weight excluding hydrogens is 502 g/mol. The Bertz CT molecular complexity index is 1520. The number of nitriles is 1. The predicted octanol–water partition coefficient (Wildman–Crippen LogP) is 3.39. The number of hydrogen-bond acceptors (Lipinski definition) is 8. The summed E-state index contributed by atoms with van der Waals surface area (Å²) in [6.07, 6.45) is 5.56. The van der Waals surface area contributed by atoms with Crippen LogP contribution in [0, 0.1) is 24.2 Å². The van der Waals surface area contributed by atoms with E-state index in [-0.39, 0.29) is 24.0 Å². The lowest BCUT2D eigenvalue weighted by Crippen LogP contribution is -2.59. The van der Waals surface area contributed by atoms with Crippen molar-refractivity contribution in [2.24, 2.45) is 5.92 Å². The SMILES string of the molecule is Cc1cc(Nc2nc(N[C@@H]3C[C@H]4CC[C@@H](C3)N4S(=O)(=O)N3CC(C#N)C3)nc3cc(C4CC4)ccc23)n[nH]1. The summed E-state index contributed by atoms with van der Waals surface area (Å²) in [5, 5.41) is 24.2. The van der Waals surface area contributed by atoms with Crippen molar-refractivity contribution < 1.29 is 8.42 Å². The molecule has 0 amide bonds. The first-order valence-corrected chi connectivity index (χ1v) is 14.8. The summed E-state index contributed by atoms with van der Waals surface area (Å²) in [6.45, 7) is 2.56. The molecule has 3 atom stereocenters. The Morgan fingerprint density at radius 1 is 1.08 bits per heavy atom. The van der Waals surface area contributed by atoms with Crippen LogP contribution in [0.15, 0.2) is 24.3 Å². The van der Waals surface area contributed by atoms with Crippen molar-refractivity contribution in [2.45, 2.75) is 69.5 Å². The van der Waals surface area contributed by atoms with Crippen molar-refractivity contribution in [3.8, 4) is 6.07 Å². The summed E-state index contributed by atoms with van der Waals surface area (Å²) in [4.78, 5) is 9.73. The first-order chi connectivity index (χ1) is 18.4. The number of anilines is 3. The van der Waals surface area contributed by atoms with Crippen LogP contribution >= 0.6 is 0 Å². The van der Waals surface area contributed by atoms with Crippen LogP contribution in [0.25, 0.3) is 10.9 Å². The summed E-state index contributed by atoms with van der Waals surface area (Å²) in [5.41, 5.74) is 3.15. The van der Waals surface area contributed by atoms with Crippen LogP contribution in [0.4, 0.5) is 17.6 Å². The monoisotopic (exact) mass is 533 g/mol. The molecule has 7 rings (SSSR count). The van der Waals surface area contributed by atoms with E-state index in [1.54, 1.807) is 4.31 Å². The minimum atomic E-state index is -3.54. The quantitative estimate of drug-likeness (QED) is 0.419. The van der Waals surface area contributed by atoms with Gasteiger partial charge >= 0.3 is 0 Å². The first-order valence-electron chi connectivity index (χ1n) is 13.4. The number of nitrogens with one attached hydrogen (secondary N) is 3. The fraction of sp³-hybridized carbons (Fsp3) is 0.538. The Labute approximate surface area is 221 Å². The minimum absolute atomic E-state index is 0.0519. The van der Waals surface area contributed by atoms with Crippen molar-refractivity contribution in [1.29, 1.82) is 5.26 Å². The molecule has 2 aromatic heterocycles. The van der Waals surface area contributed by atoms with Crippen molar-refractivity contribution in [2.75, 3.05) is 23.7 Å². The summed E-state index contributed by atoms with van der Waals surface area (Å²) in [5.74, 6) is 2.36. The lowest BCUT2D eigenvalue weighted by atomic mass is 10.00. The van der Waals surface area contributed by atoms with E-state index >= 15 is 0 Å². The molecule has 4 fully saturated rings. The van der Waals surface area contributed by atoms with E-state index in [1.165, 1.54) is 22.7 Å². The van der Waals surface area contributed by atoms with Crippen molar-refractivity contribution >= 4 is 38.7 Å². The maximum atomic E-state index is 13.3. The Hall–Kier alpha value is -3.27. The molecule has 5 heterocycles. The number of rotatable bonds is 7. The van der Waals surface area contributed by atoms with Gasteiger partial charge in [-0.2, -0.15) is 32.4 Å². The van der Waals surface area contributed by atoms with Gasteiger partial charge in [-0.3, -0.25) is 5.10 Å². The molecule has 38 heavy (non-hydrogen) atoms. The maximum absolute atomic E-state index is 13.3. The van der Waals surface area contributed by atoms with Crippen LogP contribution in [-0.2, 0) is 10.2 Å². The predicted molar refractivity (Wildman–Crippen MR) is 143 cm³/mol. The largest absolute Gasteiger partial charge is 0.351 e. The third-order valence-electron chi connectivity index (χ3n) is 8.34. The van der Waals surface area contributed by atoms with Gasteiger partial charge in [-0.05, 0) is 69.1 Å². The Morgan fingerprint density at radius 3 is 2.50 bits per heavy atom. The van der Waals surface area contributed by atoms with E-state index in [0.29, 0.717) is 49.4 Å². The van der Waals surface area contributed by atoms with Crippen LogP contribution < -0.4 is 10.6 Å². The summed E-state index contributed by atoms with van der Waals surface area (Å²) >= 11 is 0. The molecule has 1 aromatic carbocycles. The molecule has 1 aliphatic carbocycles. The number of piperidine rings is 1. The second kappa shape index (κ2) is 8.90. The van der Waals surface area contributed by atoms with E-state index in [1.807, 2.05) is 13.0 Å². The molecule has 0 radical (unpaired) electrons. The third-order valence-corrected chi connectivity index (χ3v) is 10.4. The van der Waals surface area contributed by atoms with Gasteiger partial charge in [-0.15, -0.1) is 0 Å². The van der Waals surface area contributed by atoms with Crippen molar-refractivity contribution in [3.05, 3.63) is 35.5 Å². The standard InChI is InChI=1S/C26H31N9O2S/c1-15-8-24(33-32-15)30-25-22-7-4-18(17-2-3-17)9-23(22)29-26(31-25)28-19-10-20-5-6-21(11-19)35(20)38(36,37)34-13-16(12-27)14-34/h4,7-9,16-17,19-21H,2-3,5-6,10-11,13-14H2,1H3,(H3,28,29,30,31,32,33)/t19-,20-,21+. The molecule has 12 heteroatoms. The number of hydrogen-bond donors (Lipinski definition) is 3. The summed E-state index contributed by atoms with van der Waals surface area (Å²) < 4.78 is 29.8. The Kier molecular flexibility index (Phi) is 5.58. The first kappa shape index (κ1) is 23.8. The molecule has 198 valence electrons. The molecule has 1 saturated carbocycles. The highest BCUT2D eigenvalue weighted by Gasteiger charge is 2.51. The molecule has 4 aliphatic rings. The number of nitrogens with zero attached hydrogens (tertiary/aromatic N) is 6. The van der Waals surface area contributed by atoms with E-state index < -0.39 is 10.2 Å². The van der Waals surface area contributed by atoms with Gasteiger partial charge in [0.2, 0.25) is 5.95 Å². The number of aryl methyl sites for hydroxylation is 1. The number of benzene rings is 1. The average molecular weight is 534 g/mol. The zero-order valence-electron chi connectivity index (χ0n) is 21.3. The number of aromatic amines is 1. The van der Waals surface area contributed by atoms with Crippen LogP contribution in [0.3, 0.4) is 0 Å². The fourth-order valence-corrected chi connectivity index (χ4v) is 8.37. The molecular formula is C26H31N9O2S. The zero-order chi connectivity index (χ0) is 26.0. The maximum Gasteiger partial charge on any atom is 0.282 e. The molecule has 3 saturated heterocycles. The fourth-order valence-electron chi connectivity index (χ4n) is 6.23.